The molecule has 0 saturated carbocycles. The van der Waals surface area contributed by atoms with E-state index >= 15 is 0 Å². The molecule has 0 aromatic heterocycles. The number of ketones is 1. The Hall–Kier alpha value is -5.47. The van der Waals surface area contributed by atoms with Gasteiger partial charge in [-0.3, -0.25) is 38.3 Å². The third-order valence-electron chi connectivity index (χ3n) is 17.1. The van der Waals surface area contributed by atoms with E-state index in [1.54, 1.807) is 6.08 Å². The first-order valence-corrected chi connectivity index (χ1v) is 33.9. The lowest BCUT2D eigenvalue weighted by molar-refractivity contribution is -0.369. The van der Waals surface area contributed by atoms with Crippen LogP contribution in [0.2, 0.25) is 0 Å². The number of Topliss-reactive ketones (excluding diaryl/α,β-unsaturated/α-hetero) is 1. The van der Waals surface area contributed by atoms with E-state index in [4.69, 9.17) is 63.1 Å². The van der Waals surface area contributed by atoms with E-state index in [1.165, 1.54) is 30.6 Å². The lowest BCUT2D eigenvalue weighted by Gasteiger charge is -2.51. The average Bonchev–Trinajstić information content (AvgIpc) is 0.826. The van der Waals surface area contributed by atoms with Gasteiger partial charge in [-0.25, -0.2) is 14.2 Å². The van der Waals surface area contributed by atoms with Crippen LogP contribution in [0.25, 0.3) is 0 Å². The minimum atomic E-state index is -5.55. The topological polar surface area (TPSA) is 500 Å². The Bertz CT molecular complexity index is 2950. The van der Waals surface area contributed by atoms with Crippen molar-refractivity contribution in [1.29, 1.82) is 0 Å². The highest BCUT2D eigenvalue weighted by Crippen LogP contribution is 2.49. The standard InChI is InChI=1S/C64H102N5O28P/c1-13-41-51(92-58-43(67-36(8)70)45(74)50(35(7)89-58)91-60-49(78)47(76)48(77)52(93-60)57(80)69-42-39(72)22-23-40(42)73)46(75)44(68-37(9)71)59(90-41)94-53-54(96-62(66)81)64(12,82)55(56(65)79)95-61(53)97-98(84,85)88-30-38(29-87-83)86-28-25-33(5)18-14-15-26-63(10,11)27-24-34(6)21-20-32(4)19-16-17-31(2)3/h15,17,20,25-26,35,38,41,43-55,58-61,72,74-78,82-83H,6,13-14,16,18-19,21-24,27-30H2,1-5,7-12H3,(H2,65,79)(H2,66,81)(H,67,70)(H,68,71)(H,69,80)(H,84,85)/b26-15+,32-20+,33-25-. The van der Waals surface area contributed by atoms with Gasteiger partial charge in [0.2, 0.25) is 17.7 Å². The number of hydrogen-bond donors (Lipinski definition) is 14. The van der Waals surface area contributed by atoms with Crippen LogP contribution >= 0.6 is 7.82 Å². The minimum Gasteiger partial charge on any atom is -0.510 e. The summed E-state index contributed by atoms with van der Waals surface area (Å²) in [6.07, 6.45) is -20.0. The number of carbonyl (C=O) groups is 6. The molecule has 5 amide bonds. The number of primary amides is 2. The van der Waals surface area contributed by atoms with Crippen LogP contribution in [0.3, 0.4) is 0 Å². The highest BCUT2D eigenvalue weighted by atomic mass is 31.2. The van der Waals surface area contributed by atoms with Crippen LogP contribution in [-0.4, -0.2) is 230 Å². The van der Waals surface area contributed by atoms with Gasteiger partial charge in [-0.15, -0.1) is 0 Å². The van der Waals surface area contributed by atoms with E-state index in [2.05, 4.69) is 86.3 Å². The van der Waals surface area contributed by atoms with Crippen molar-refractivity contribution in [2.24, 2.45) is 16.9 Å². The summed E-state index contributed by atoms with van der Waals surface area (Å²) in [6, 6.07) is -3.49. The maximum atomic E-state index is 14.0. The Morgan fingerprint density at radius 3 is 1.96 bits per heavy atom. The second-order valence-electron chi connectivity index (χ2n) is 26.3. The van der Waals surface area contributed by atoms with Crippen molar-refractivity contribution in [3.05, 3.63) is 70.7 Å². The molecule has 33 nitrogen and oxygen atoms in total. The molecule has 556 valence electrons. The first-order valence-electron chi connectivity index (χ1n) is 32.4. The number of nitrogens with two attached hydrogens (primary N) is 2. The lowest BCUT2D eigenvalue weighted by atomic mass is 9.85. The molecule has 0 aromatic rings. The lowest BCUT2D eigenvalue weighted by Crippen LogP contribution is -2.72. The molecule has 98 heavy (non-hydrogen) atoms. The second-order valence-corrected chi connectivity index (χ2v) is 27.7. The molecule has 5 aliphatic rings. The number of amides is 5. The van der Waals surface area contributed by atoms with E-state index in [0.717, 1.165) is 58.4 Å². The molecule has 4 aliphatic heterocycles. The molecular formula is C64H102N5O28P. The zero-order valence-electron chi connectivity index (χ0n) is 57.2. The van der Waals surface area contributed by atoms with Gasteiger partial charge in [-0.05, 0) is 98.3 Å². The maximum Gasteiger partial charge on any atom is 0.474 e. The van der Waals surface area contributed by atoms with Crippen LogP contribution in [0.5, 0.6) is 0 Å². The predicted molar refractivity (Wildman–Crippen MR) is 343 cm³/mol. The summed E-state index contributed by atoms with van der Waals surface area (Å²) in [7, 11) is -5.55. The maximum absolute atomic E-state index is 14.0. The molecule has 0 bridgehead atoms. The number of nitrogens with one attached hydrogen (secondary N) is 3. The molecule has 5 rings (SSSR count). The smallest absolute Gasteiger partial charge is 0.474 e. The van der Waals surface area contributed by atoms with Crippen molar-refractivity contribution < 1.29 is 136 Å². The summed E-state index contributed by atoms with van der Waals surface area (Å²) in [5.74, 6) is -5.38. The van der Waals surface area contributed by atoms with Gasteiger partial charge in [-0.1, -0.05) is 80.0 Å². The second kappa shape index (κ2) is 37.4. The van der Waals surface area contributed by atoms with E-state index in [1.807, 2.05) is 6.92 Å². The van der Waals surface area contributed by atoms with Gasteiger partial charge in [0, 0.05) is 26.7 Å². The number of hydrogen-bond acceptors (Lipinski definition) is 27. The van der Waals surface area contributed by atoms with Crippen molar-refractivity contribution in [2.45, 2.75) is 269 Å². The fraction of sp³-hybridized carbons (Fsp3) is 0.719. The Morgan fingerprint density at radius 2 is 1.38 bits per heavy atom. The van der Waals surface area contributed by atoms with Crippen LogP contribution in [0.4, 0.5) is 4.79 Å². The van der Waals surface area contributed by atoms with E-state index < -0.39 is 196 Å². The summed E-state index contributed by atoms with van der Waals surface area (Å²) < 4.78 is 77.9. The number of aliphatic hydroxyl groups is 7. The molecule has 0 aromatic carbocycles. The van der Waals surface area contributed by atoms with Gasteiger partial charge >= 0.3 is 13.9 Å². The van der Waals surface area contributed by atoms with Crippen LogP contribution in [-0.2, 0) is 85.1 Å². The van der Waals surface area contributed by atoms with Crippen molar-refractivity contribution in [2.75, 3.05) is 19.8 Å². The number of rotatable bonds is 35. The Balaban J connectivity index is 1.30. The third-order valence-corrected chi connectivity index (χ3v) is 18.0. The zero-order chi connectivity index (χ0) is 73.3. The molecule has 22 atom stereocenters. The van der Waals surface area contributed by atoms with E-state index in [-0.39, 0.29) is 31.3 Å². The first-order chi connectivity index (χ1) is 45.8. The number of carbonyl (C=O) groups excluding carboxylic acids is 6. The SMILES string of the molecule is C=C(C/C=C(\C)CCC=C(C)C)CCC(C)(C)/C=C/CC/C(C)=C\COC(COO)COP(=O)(O)OC1OC(C(N)=O)C(C)(O)C(OC(N)=O)C1OC1OC(CC)C(OC2OC(C)C(OC3OC(C(=O)NC4=C(O)CCC4=O)C(O)C(O)C3O)C(O)C2NC(C)=O)C(O)C1NC(C)=O. The summed E-state index contributed by atoms with van der Waals surface area (Å²) in [4.78, 5) is 92.5. The molecule has 16 N–H and O–H groups in total. The van der Waals surface area contributed by atoms with Crippen LogP contribution < -0.4 is 27.4 Å². The third kappa shape index (κ3) is 23.8. The number of ether oxygens (including phenoxy) is 9. The Morgan fingerprint density at radius 1 is 0.776 bits per heavy atom. The monoisotopic (exact) mass is 1420 g/mol. The molecule has 1 aliphatic carbocycles. The molecule has 4 saturated heterocycles. The van der Waals surface area contributed by atoms with Gasteiger partial charge in [-0.2, -0.15) is 0 Å². The highest BCUT2D eigenvalue weighted by Gasteiger charge is 2.62. The molecular weight excluding hydrogens is 1320 g/mol. The van der Waals surface area contributed by atoms with Crippen molar-refractivity contribution in [3.63, 3.8) is 0 Å². The van der Waals surface area contributed by atoms with E-state index in [9.17, 15) is 79.2 Å². The molecule has 22 unspecified atom stereocenters. The summed E-state index contributed by atoms with van der Waals surface area (Å²) >= 11 is 0. The van der Waals surface area contributed by atoms with Gasteiger partial charge in [0.1, 0.15) is 84.6 Å². The largest absolute Gasteiger partial charge is 0.510 e. The molecule has 4 heterocycles. The summed E-state index contributed by atoms with van der Waals surface area (Å²) in [5.41, 5.74) is 12.5. The number of phosphoric ester groups is 1. The Kier molecular flexibility index (Phi) is 31.8. The first kappa shape index (κ1) is 83.2. The normalized spacial score (nSPS) is 33.6. The highest BCUT2D eigenvalue weighted by molar-refractivity contribution is 7.47. The molecule has 0 spiro atoms. The van der Waals surface area contributed by atoms with Crippen LogP contribution in [0.15, 0.2) is 70.7 Å². The number of phosphoric acid groups is 1. The summed E-state index contributed by atoms with van der Waals surface area (Å²) in [5, 5.41) is 95.3. The fourth-order valence-electron chi connectivity index (χ4n) is 11.5. The van der Waals surface area contributed by atoms with E-state index in [0.29, 0.717) is 12.8 Å². The van der Waals surface area contributed by atoms with Gasteiger partial charge in [0.05, 0.1) is 25.4 Å². The van der Waals surface area contributed by atoms with Crippen molar-refractivity contribution in [3.8, 4) is 0 Å². The quantitative estimate of drug-likeness (QED) is 0.0187. The van der Waals surface area contributed by atoms with Crippen molar-refractivity contribution in [1.82, 2.24) is 16.0 Å². The average molecular weight is 1420 g/mol. The molecule has 4 fully saturated rings. The summed E-state index contributed by atoms with van der Waals surface area (Å²) in [6.45, 7) is 21.2. The van der Waals surface area contributed by atoms with Crippen LogP contribution in [0, 0.1) is 5.41 Å². The minimum absolute atomic E-state index is 0.0786. The number of aliphatic hydroxyl groups excluding tert-OH is 6. The van der Waals surface area contributed by atoms with Gasteiger partial charge in [0.15, 0.2) is 55.4 Å². The van der Waals surface area contributed by atoms with Gasteiger partial charge < -0.3 is 111 Å². The fourth-order valence-corrected chi connectivity index (χ4v) is 12.4. The molecule has 0 radical (unpaired) electrons. The zero-order valence-corrected chi connectivity index (χ0v) is 58.1. The predicted octanol–water partition coefficient (Wildman–Crippen LogP) is 1.97. The Labute approximate surface area is 569 Å². The molecule has 34 heteroatoms. The van der Waals surface area contributed by atoms with Crippen LogP contribution in [0.1, 0.15) is 140 Å². The van der Waals surface area contributed by atoms with Gasteiger partial charge in [0.25, 0.3) is 5.91 Å². The van der Waals surface area contributed by atoms with Crippen molar-refractivity contribution >= 4 is 43.3 Å². The number of allylic oxidation sites excluding steroid dienone is 10.